The van der Waals surface area contributed by atoms with Gasteiger partial charge in [-0.3, -0.25) is 9.36 Å². The zero-order valence-electron chi connectivity index (χ0n) is 15.9. The summed E-state index contributed by atoms with van der Waals surface area (Å²) in [4.78, 5) is 22.3. The van der Waals surface area contributed by atoms with E-state index in [1.165, 1.54) is 11.8 Å². The third-order valence-electron chi connectivity index (χ3n) is 4.53. The van der Waals surface area contributed by atoms with Gasteiger partial charge in [0.2, 0.25) is 5.89 Å². The number of fused-ring (bicyclic) bond motifs is 1. The number of hydrogen-bond donors (Lipinski definition) is 0. The topological polar surface area (TPSA) is 60.9 Å². The van der Waals surface area contributed by atoms with Gasteiger partial charge in [0.05, 0.1) is 16.6 Å². The fourth-order valence-electron chi connectivity index (χ4n) is 3.08. The van der Waals surface area contributed by atoms with Crippen LogP contribution in [0.15, 0.2) is 69.0 Å². The van der Waals surface area contributed by atoms with Crippen LogP contribution >= 0.6 is 11.8 Å². The van der Waals surface area contributed by atoms with E-state index in [9.17, 15) is 4.79 Å². The molecule has 0 saturated carbocycles. The van der Waals surface area contributed by atoms with Gasteiger partial charge in [0.15, 0.2) is 5.16 Å². The van der Waals surface area contributed by atoms with Gasteiger partial charge in [0.1, 0.15) is 5.76 Å². The molecule has 0 saturated heterocycles. The molecule has 0 fully saturated rings. The molecular formula is C22H21N3O2S. The normalized spacial score (nSPS) is 11.2. The van der Waals surface area contributed by atoms with Gasteiger partial charge in [-0.1, -0.05) is 49.0 Å². The van der Waals surface area contributed by atoms with Crippen LogP contribution in [0.25, 0.3) is 22.4 Å². The van der Waals surface area contributed by atoms with Gasteiger partial charge >= 0.3 is 0 Å². The minimum Gasteiger partial charge on any atom is -0.441 e. The van der Waals surface area contributed by atoms with E-state index in [0.717, 1.165) is 29.0 Å². The van der Waals surface area contributed by atoms with Crippen molar-refractivity contribution in [3.8, 4) is 11.5 Å². The first kappa shape index (κ1) is 18.5. The summed E-state index contributed by atoms with van der Waals surface area (Å²) in [7, 11) is 0. The smallest absolute Gasteiger partial charge is 0.262 e. The molecule has 0 N–H and O–H groups in total. The molecule has 0 aliphatic heterocycles. The molecule has 0 spiro atoms. The van der Waals surface area contributed by atoms with Gasteiger partial charge in [-0.25, -0.2) is 9.97 Å². The lowest BCUT2D eigenvalue weighted by atomic mass is 10.2. The number of oxazole rings is 1. The summed E-state index contributed by atoms with van der Waals surface area (Å²) in [5, 5.41) is 1.37. The van der Waals surface area contributed by atoms with E-state index < -0.39 is 0 Å². The Bertz CT molecular complexity index is 1170. The fourth-order valence-corrected chi connectivity index (χ4v) is 4.10. The molecule has 0 bridgehead atoms. The van der Waals surface area contributed by atoms with Gasteiger partial charge in [-0.05, 0) is 37.6 Å². The number of benzene rings is 2. The number of nitrogens with zero attached hydrogens (tertiary/aromatic N) is 3. The first-order valence-corrected chi connectivity index (χ1v) is 10.3. The first-order chi connectivity index (χ1) is 13.7. The highest BCUT2D eigenvalue weighted by atomic mass is 32.2. The molecule has 0 amide bonds. The van der Waals surface area contributed by atoms with Crippen molar-refractivity contribution in [2.45, 2.75) is 37.7 Å². The third kappa shape index (κ3) is 3.60. The molecule has 4 rings (SSSR count). The van der Waals surface area contributed by atoms with Crippen molar-refractivity contribution in [1.82, 2.24) is 14.5 Å². The lowest BCUT2D eigenvalue weighted by molar-refractivity contribution is 0.540. The van der Waals surface area contributed by atoms with E-state index in [1.807, 2.05) is 61.5 Å². The van der Waals surface area contributed by atoms with Gasteiger partial charge in [0, 0.05) is 17.9 Å². The minimum atomic E-state index is 0.0109. The summed E-state index contributed by atoms with van der Waals surface area (Å²) in [5.41, 5.74) is 2.56. The van der Waals surface area contributed by atoms with Gasteiger partial charge in [-0.2, -0.15) is 0 Å². The Morgan fingerprint density at radius 2 is 1.79 bits per heavy atom. The molecule has 2 aromatic carbocycles. The first-order valence-electron chi connectivity index (χ1n) is 9.31. The van der Waals surface area contributed by atoms with Crippen LogP contribution in [-0.4, -0.2) is 14.5 Å². The van der Waals surface area contributed by atoms with E-state index in [1.54, 1.807) is 4.57 Å². The van der Waals surface area contributed by atoms with Crippen LogP contribution in [-0.2, 0) is 12.3 Å². The molecule has 0 atom stereocenters. The highest BCUT2D eigenvalue weighted by Crippen LogP contribution is 2.27. The Morgan fingerprint density at radius 1 is 1.04 bits per heavy atom. The summed E-state index contributed by atoms with van der Waals surface area (Å²) in [6.07, 6.45) is 0.870. The van der Waals surface area contributed by atoms with Crippen LogP contribution in [0.1, 0.15) is 24.8 Å². The van der Waals surface area contributed by atoms with E-state index in [-0.39, 0.29) is 5.56 Å². The Kier molecular flexibility index (Phi) is 5.30. The molecule has 5 nitrogen and oxygen atoms in total. The van der Waals surface area contributed by atoms with E-state index in [2.05, 4.69) is 11.9 Å². The SMILES string of the molecule is CCCn1c(SCc2nc(-c3ccccc3)oc2C)nc2ccccc2c1=O. The minimum absolute atomic E-state index is 0.0109. The van der Waals surface area contributed by atoms with Crippen molar-refractivity contribution in [1.29, 1.82) is 0 Å². The summed E-state index contributed by atoms with van der Waals surface area (Å²) in [6.45, 7) is 4.62. The second kappa shape index (κ2) is 8.02. The molecule has 2 heterocycles. The van der Waals surface area contributed by atoms with Crippen LogP contribution in [0.4, 0.5) is 0 Å². The molecule has 0 unspecified atom stereocenters. The number of para-hydroxylation sites is 1. The van der Waals surface area contributed by atoms with Crippen LogP contribution in [0.3, 0.4) is 0 Å². The second-order valence-corrected chi connectivity index (χ2v) is 7.49. The molecule has 4 aromatic rings. The largest absolute Gasteiger partial charge is 0.441 e. The van der Waals surface area contributed by atoms with Gasteiger partial charge < -0.3 is 4.42 Å². The number of hydrogen-bond acceptors (Lipinski definition) is 5. The summed E-state index contributed by atoms with van der Waals surface area (Å²) in [5.74, 6) is 2.00. The zero-order chi connectivity index (χ0) is 19.5. The highest BCUT2D eigenvalue weighted by Gasteiger charge is 2.15. The van der Waals surface area contributed by atoms with Crippen molar-refractivity contribution >= 4 is 22.7 Å². The lowest BCUT2D eigenvalue weighted by Gasteiger charge is -2.11. The summed E-state index contributed by atoms with van der Waals surface area (Å²) >= 11 is 1.52. The van der Waals surface area contributed by atoms with Crippen molar-refractivity contribution in [2.24, 2.45) is 0 Å². The molecule has 6 heteroatoms. The van der Waals surface area contributed by atoms with Crippen LogP contribution in [0.2, 0.25) is 0 Å². The van der Waals surface area contributed by atoms with Crippen LogP contribution < -0.4 is 5.56 Å². The Labute approximate surface area is 167 Å². The van der Waals surface area contributed by atoms with E-state index >= 15 is 0 Å². The van der Waals surface area contributed by atoms with E-state index in [0.29, 0.717) is 28.7 Å². The monoisotopic (exact) mass is 391 g/mol. The predicted molar refractivity (Wildman–Crippen MR) is 113 cm³/mol. The Morgan fingerprint density at radius 3 is 2.57 bits per heavy atom. The average molecular weight is 391 g/mol. The molecular weight excluding hydrogens is 370 g/mol. The third-order valence-corrected chi connectivity index (χ3v) is 5.51. The van der Waals surface area contributed by atoms with Crippen molar-refractivity contribution in [3.63, 3.8) is 0 Å². The van der Waals surface area contributed by atoms with Crippen LogP contribution in [0.5, 0.6) is 0 Å². The van der Waals surface area contributed by atoms with E-state index in [4.69, 9.17) is 9.40 Å². The maximum atomic E-state index is 12.9. The highest BCUT2D eigenvalue weighted by molar-refractivity contribution is 7.98. The standard InChI is InChI=1S/C22H21N3O2S/c1-3-13-25-21(26)17-11-7-8-12-18(17)24-22(25)28-14-19-15(2)27-20(23-19)16-9-5-4-6-10-16/h4-12H,3,13-14H2,1-2H3. The predicted octanol–water partition coefficient (Wildman–Crippen LogP) is 5.06. The molecule has 142 valence electrons. The summed E-state index contributed by atoms with van der Waals surface area (Å²) < 4.78 is 7.61. The van der Waals surface area contributed by atoms with Crippen molar-refractivity contribution in [3.05, 3.63) is 76.4 Å². The molecule has 0 aliphatic rings. The quantitative estimate of drug-likeness (QED) is 0.339. The number of aromatic nitrogens is 3. The number of aryl methyl sites for hydroxylation is 1. The zero-order valence-corrected chi connectivity index (χ0v) is 16.7. The molecule has 2 aromatic heterocycles. The van der Waals surface area contributed by atoms with Crippen LogP contribution in [0, 0.1) is 6.92 Å². The Hall–Kier alpha value is -2.86. The lowest BCUT2D eigenvalue weighted by Crippen LogP contribution is -2.23. The molecule has 0 radical (unpaired) electrons. The van der Waals surface area contributed by atoms with Gasteiger partial charge in [0.25, 0.3) is 5.56 Å². The Balaban J connectivity index is 1.65. The van der Waals surface area contributed by atoms with Crippen molar-refractivity contribution in [2.75, 3.05) is 0 Å². The maximum absolute atomic E-state index is 12.9. The second-order valence-electron chi connectivity index (χ2n) is 6.54. The average Bonchev–Trinajstić information content (AvgIpc) is 3.10. The molecule has 28 heavy (non-hydrogen) atoms. The number of thioether (sulfide) groups is 1. The summed E-state index contributed by atoms with van der Waals surface area (Å²) in [6, 6.07) is 17.3. The number of rotatable bonds is 6. The fraction of sp³-hybridized carbons (Fsp3) is 0.227. The van der Waals surface area contributed by atoms with Gasteiger partial charge in [-0.15, -0.1) is 0 Å². The van der Waals surface area contributed by atoms with Crippen molar-refractivity contribution < 1.29 is 4.42 Å². The molecule has 0 aliphatic carbocycles. The maximum Gasteiger partial charge on any atom is 0.262 e.